The third-order valence-electron chi connectivity index (χ3n) is 2.81. The van der Waals surface area contributed by atoms with E-state index in [1.54, 1.807) is 12.1 Å². The van der Waals surface area contributed by atoms with Gasteiger partial charge in [0.15, 0.2) is 5.42 Å². The maximum atomic E-state index is 6.08. The molecule has 1 unspecified atom stereocenters. The van der Waals surface area contributed by atoms with E-state index in [0.29, 0.717) is 27.7 Å². The van der Waals surface area contributed by atoms with Crippen LogP contribution in [0.3, 0.4) is 0 Å². The monoisotopic (exact) mass is 280 g/mol. The summed E-state index contributed by atoms with van der Waals surface area (Å²) in [4.78, 5) is 8.57. The summed E-state index contributed by atoms with van der Waals surface area (Å²) in [5.41, 5.74) is 1.26. The van der Waals surface area contributed by atoms with Gasteiger partial charge in [-0.05, 0) is 30.5 Å². The molecule has 1 aliphatic carbocycles. The Labute approximate surface area is 114 Å². The average Bonchev–Trinajstić information content (AvgIpc) is 2.74. The first kappa shape index (κ1) is 11.8. The summed E-state index contributed by atoms with van der Waals surface area (Å²) in [6.07, 6.45) is 5.08. The Kier molecular flexibility index (Phi) is 2.88. The molecule has 0 saturated heterocycles. The van der Waals surface area contributed by atoms with E-state index in [2.05, 4.69) is 23.0 Å². The number of aromatic nitrogens is 2. The number of halogens is 2. The van der Waals surface area contributed by atoms with Crippen molar-refractivity contribution in [3.8, 4) is 11.6 Å². The van der Waals surface area contributed by atoms with Crippen molar-refractivity contribution in [3.05, 3.63) is 33.1 Å². The van der Waals surface area contributed by atoms with Gasteiger partial charge in [-0.2, -0.15) is 0 Å². The smallest absolute Gasteiger partial charge is 0.247 e. The van der Waals surface area contributed by atoms with Crippen LogP contribution in [0.2, 0.25) is 10.2 Å². The van der Waals surface area contributed by atoms with E-state index in [1.165, 1.54) is 0 Å². The molecule has 5 heteroatoms. The number of hydrogen-bond donors (Lipinski definition) is 0. The van der Waals surface area contributed by atoms with Gasteiger partial charge in [0.05, 0.1) is 5.02 Å². The van der Waals surface area contributed by atoms with Crippen molar-refractivity contribution in [1.29, 1.82) is 0 Å². The molecule has 92 valence electrons. The number of pyridine rings is 1. The van der Waals surface area contributed by atoms with Gasteiger partial charge in [0.25, 0.3) is 0 Å². The van der Waals surface area contributed by atoms with Gasteiger partial charge >= 0.3 is 0 Å². The Morgan fingerprint density at radius 3 is 2.94 bits per heavy atom. The molecule has 0 saturated carbocycles. The van der Waals surface area contributed by atoms with Gasteiger partial charge in [0.2, 0.25) is 5.89 Å². The Balaban J connectivity index is 2.20. The number of oxazole rings is 1. The Morgan fingerprint density at radius 2 is 2.11 bits per heavy atom. The lowest BCUT2D eigenvalue weighted by Crippen LogP contribution is -2.26. The fourth-order valence-electron chi connectivity index (χ4n) is 1.91. The molecule has 0 spiro atoms. The largest absolute Gasteiger partial charge is 0.435 e. The van der Waals surface area contributed by atoms with Crippen LogP contribution in [0.25, 0.3) is 23.7 Å². The van der Waals surface area contributed by atoms with Crippen LogP contribution in [0.4, 0.5) is 0 Å². The molecule has 2 heterocycles. The minimum atomic E-state index is 0.367. The minimum Gasteiger partial charge on any atom is -0.435 e. The molecule has 0 N–H and O–H groups in total. The van der Waals surface area contributed by atoms with E-state index < -0.39 is 0 Å². The lowest BCUT2D eigenvalue weighted by atomic mass is 10.0. The molecule has 0 fully saturated rings. The Hall–Kier alpha value is -1.32. The van der Waals surface area contributed by atoms with Crippen molar-refractivity contribution in [2.75, 3.05) is 0 Å². The zero-order valence-electron chi connectivity index (χ0n) is 9.65. The van der Waals surface area contributed by atoms with Crippen LogP contribution in [-0.4, -0.2) is 9.97 Å². The second-order valence-corrected chi connectivity index (χ2v) is 5.11. The standard InChI is InChI=1S/C13H10Cl2N2O/c1-7-2-4-10-9(6-7)16-13(18-10)12-8(14)3-5-11(15)17-12/h3-7H,2H2,1H3. The topological polar surface area (TPSA) is 38.9 Å². The molecule has 2 aromatic heterocycles. The van der Waals surface area contributed by atoms with Crippen molar-refractivity contribution in [2.24, 2.45) is 5.92 Å². The van der Waals surface area contributed by atoms with Crippen molar-refractivity contribution < 1.29 is 4.42 Å². The SMILES string of the molecule is CC1C=c2nc(-c3nc(Cl)ccc3Cl)oc2=CC1. The first-order valence-corrected chi connectivity index (χ1v) is 6.40. The molecule has 1 aliphatic rings. The van der Waals surface area contributed by atoms with E-state index >= 15 is 0 Å². The second-order valence-electron chi connectivity index (χ2n) is 4.32. The highest BCUT2D eigenvalue weighted by Gasteiger charge is 2.14. The highest BCUT2D eigenvalue weighted by molar-refractivity contribution is 6.34. The first-order valence-electron chi connectivity index (χ1n) is 5.65. The van der Waals surface area contributed by atoms with Crippen molar-refractivity contribution in [2.45, 2.75) is 13.3 Å². The maximum absolute atomic E-state index is 6.08. The van der Waals surface area contributed by atoms with Gasteiger partial charge in [-0.25, -0.2) is 9.97 Å². The number of fused-ring (bicyclic) bond motifs is 1. The normalized spacial score (nSPS) is 17.8. The van der Waals surface area contributed by atoms with E-state index in [9.17, 15) is 0 Å². The molecule has 2 aromatic rings. The highest BCUT2D eigenvalue weighted by atomic mass is 35.5. The van der Waals surface area contributed by atoms with E-state index in [-0.39, 0.29) is 0 Å². The quantitative estimate of drug-likeness (QED) is 0.754. The van der Waals surface area contributed by atoms with Gasteiger partial charge < -0.3 is 4.42 Å². The van der Waals surface area contributed by atoms with Gasteiger partial charge in [-0.15, -0.1) is 0 Å². The predicted octanol–water partition coefficient (Wildman–Crippen LogP) is 2.64. The van der Waals surface area contributed by atoms with Crippen LogP contribution >= 0.6 is 23.2 Å². The maximum Gasteiger partial charge on any atom is 0.247 e. The molecule has 18 heavy (non-hydrogen) atoms. The van der Waals surface area contributed by atoms with Crippen LogP contribution in [-0.2, 0) is 0 Å². The Bertz CT molecular complexity index is 721. The molecule has 3 rings (SSSR count). The van der Waals surface area contributed by atoms with Gasteiger partial charge in [-0.3, -0.25) is 0 Å². The molecule has 0 aliphatic heterocycles. The summed E-state index contributed by atoms with van der Waals surface area (Å²) in [6, 6.07) is 3.32. The van der Waals surface area contributed by atoms with Crippen molar-refractivity contribution in [1.82, 2.24) is 9.97 Å². The molecular weight excluding hydrogens is 271 g/mol. The molecular formula is C13H10Cl2N2O. The van der Waals surface area contributed by atoms with Crippen LogP contribution in [0.5, 0.6) is 0 Å². The van der Waals surface area contributed by atoms with Gasteiger partial charge in [0.1, 0.15) is 16.2 Å². The first-order chi connectivity index (χ1) is 8.63. The average molecular weight is 281 g/mol. The van der Waals surface area contributed by atoms with E-state index in [4.69, 9.17) is 27.6 Å². The molecule has 0 aromatic carbocycles. The molecule has 0 amide bonds. The van der Waals surface area contributed by atoms with E-state index in [1.807, 2.05) is 6.08 Å². The van der Waals surface area contributed by atoms with Crippen LogP contribution in [0, 0.1) is 5.92 Å². The number of hydrogen-bond acceptors (Lipinski definition) is 3. The highest BCUT2D eigenvalue weighted by Crippen LogP contribution is 2.25. The zero-order chi connectivity index (χ0) is 12.7. The second kappa shape index (κ2) is 4.41. The minimum absolute atomic E-state index is 0.367. The Morgan fingerprint density at radius 1 is 1.28 bits per heavy atom. The molecule has 0 radical (unpaired) electrons. The summed E-state index contributed by atoms with van der Waals surface area (Å²) < 4.78 is 5.67. The predicted molar refractivity (Wildman–Crippen MR) is 71.7 cm³/mol. The summed E-state index contributed by atoms with van der Waals surface area (Å²) in [5.74, 6) is 0.882. The third kappa shape index (κ3) is 2.04. The van der Waals surface area contributed by atoms with Gasteiger partial charge in [-0.1, -0.05) is 36.2 Å². The number of nitrogens with zero attached hydrogens (tertiary/aromatic N) is 2. The van der Waals surface area contributed by atoms with Crippen LogP contribution < -0.4 is 10.8 Å². The molecule has 0 bridgehead atoms. The van der Waals surface area contributed by atoms with Gasteiger partial charge in [0, 0.05) is 0 Å². The summed E-state index contributed by atoms with van der Waals surface area (Å²) in [6.45, 7) is 2.14. The lowest BCUT2D eigenvalue weighted by molar-refractivity contribution is 0.533. The number of rotatable bonds is 1. The van der Waals surface area contributed by atoms with E-state index in [0.717, 1.165) is 17.2 Å². The lowest BCUT2D eigenvalue weighted by Gasteiger charge is -2.01. The molecule has 1 atom stereocenters. The van der Waals surface area contributed by atoms with Crippen molar-refractivity contribution >= 4 is 35.4 Å². The van der Waals surface area contributed by atoms with Crippen LogP contribution in [0.1, 0.15) is 13.3 Å². The zero-order valence-corrected chi connectivity index (χ0v) is 11.2. The van der Waals surface area contributed by atoms with Crippen molar-refractivity contribution in [3.63, 3.8) is 0 Å². The third-order valence-corrected chi connectivity index (χ3v) is 3.33. The summed E-state index contributed by atoms with van der Waals surface area (Å²) in [5, 5.41) is 1.69. The summed E-state index contributed by atoms with van der Waals surface area (Å²) in [7, 11) is 0. The fraction of sp³-hybridized carbons (Fsp3) is 0.231. The molecule has 3 nitrogen and oxygen atoms in total. The summed E-state index contributed by atoms with van der Waals surface area (Å²) >= 11 is 11.9. The van der Waals surface area contributed by atoms with Crippen LogP contribution in [0.15, 0.2) is 16.5 Å². The fourth-order valence-corrected chi connectivity index (χ4v) is 2.24.